The van der Waals surface area contributed by atoms with E-state index >= 15 is 0 Å². The summed E-state index contributed by atoms with van der Waals surface area (Å²) in [5.41, 5.74) is 9.44. The number of nitrogens with one attached hydrogen (secondary N) is 2. The van der Waals surface area contributed by atoms with Gasteiger partial charge in [-0.05, 0) is 31.5 Å². The van der Waals surface area contributed by atoms with Crippen LogP contribution in [0.5, 0.6) is 0 Å². The Labute approximate surface area is 105 Å². The summed E-state index contributed by atoms with van der Waals surface area (Å²) >= 11 is 0. The molecule has 0 spiro atoms. The molecule has 18 heavy (non-hydrogen) atoms. The second kappa shape index (κ2) is 5.01. The molecule has 0 saturated carbocycles. The van der Waals surface area contributed by atoms with Gasteiger partial charge in [0.2, 0.25) is 0 Å². The number of amides is 1. The normalized spacial score (nSPS) is 10.4. The van der Waals surface area contributed by atoms with E-state index in [2.05, 4.69) is 15.5 Å². The number of aryl methyl sites for hydroxylation is 2. The first kappa shape index (κ1) is 12.3. The van der Waals surface area contributed by atoms with Gasteiger partial charge in [0.1, 0.15) is 0 Å². The third-order valence-electron chi connectivity index (χ3n) is 2.79. The van der Waals surface area contributed by atoms with E-state index in [0.29, 0.717) is 12.1 Å². The van der Waals surface area contributed by atoms with Crippen molar-refractivity contribution < 1.29 is 4.79 Å². The smallest absolute Gasteiger partial charge is 0.255 e. The van der Waals surface area contributed by atoms with E-state index in [1.165, 1.54) is 0 Å². The summed E-state index contributed by atoms with van der Waals surface area (Å²) < 4.78 is 0. The van der Waals surface area contributed by atoms with Gasteiger partial charge in [-0.1, -0.05) is 12.1 Å². The highest BCUT2D eigenvalue weighted by atomic mass is 16.1. The monoisotopic (exact) mass is 244 g/mol. The number of aromatic amines is 1. The molecule has 1 aromatic heterocycles. The van der Waals surface area contributed by atoms with Crippen molar-refractivity contribution in [1.82, 2.24) is 10.2 Å². The quantitative estimate of drug-likeness (QED) is 0.769. The van der Waals surface area contributed by atoms with Gasteiger partial charge < -0.3 is 11.1 Å². The van der Waals surface area contributed by atoms with Gasteiger partial charge in [0.15, 0.2) is 0 Å². The second-order valence-corrected chi connectivity index (χ2v) is 4.17. The maximum atomic E-state index is 12.1. The zero-order chi connectivity index (χ0) is 13.1. The topological polar surface area (TPSA) is 83.8 Å². The number of nitrogens with two attached hydrogens (primary N) is 1. The minimum Gasteiger partial charge on any atom is -0.326 e. The van der Waals surface area contributed by atoms with Crippen LogP contribution >= 0.6 is 0 Å². The molecule has 5 heteroatoms. The Balaban J connectivity index is 2.22. The van der Waals surface area contributed by atoms with Crippen molar-refractivity contribution in [1.29, 1.82) is 0 Å². The molecule has 0 aliphatic carbocycles. The van der Waals surface area contributed by atoms with E-state index in [1.54, 1.807) is 12.1 Å². The Hall–Kier alpha value is -2.14. The molecule has 2 rings (SSSR count). The first-order chi connectivity index (χ1) is 8.61. The van der Waals surface area contributed by atoms with Gasteiger partial charge in [0.25, 0.3) is 5.91 Å². The molecule has 0 aliphatic heterocycles. The van der Waals surface area contributed by atoms with Crippen molar-refractivity contribution in [3.63, 3.8) is 0 Å². The van der Waals surface area contributed by atoms with Gasteiger partial charge in [-0.3, -0.25) is 9.89 Å². The molecule has 2 aromatic rings. The maximum absolute atomic E-state index is 12.1. The van der Waals surface area contributed by atoms with Crippen LogP contribution in [0.15, 0.2) is 24.3 Å². The van der Waals surface area contributed by atoms with Gasteiger partial charge in [-0.15, -0.1) is 0 Å². The summed E-state index contributed by atoms with van der Waals surface area (Å²) in [5.74, 6) is -0.155. The number of hydrogen-bond donors (Lipinski definition) is 3. The Morgan fingerprint density at radius 3 is 2.83 bits per heavy atom. The summed E-state index contributed by atoms with van der Waals surface area (Å²) in [7, 11) is 0. The van der Waals surface area contributed by atoms with Gasteiger partial charge in [0, 0.05) is 12.1 Å². The van der Waals surface area contributed by atoms with E-state index < -0.39 is 0 Å². The molecule has 0 atom stereocenters. The van der Waals surface area contributed by atoms with Crippen LogP contribution in [0.25, 0.3) is 0 Å². The summed E-state index contributed by atoms with van der Waals surface area (Å²) in [6.07, 6.45) is 0. The molecule has 0 unspecified atom stereocenters. The highest BCUT2D eigenvalue weighted by Gasteiger charge is 2.11. The number of carbonyl (C=O) groups excluding carboxylic acids is 1. The number of nitrogens with zero attached hydrogens (tertiary/aromatic N) is 1. The Morgan fingerprint density at radius 1 is 1.44 bits per heavy atom. The molecule has 0 aliphatic rings. The average Bonchev–Trinajstić information content (AvgIpc) is 2.70. The number of hydrogen-bond acceptors (Lipinski definition) is 3. The van der Waals surface area contributed by atoms with Crippen molar-refractivity contribution in [2.45, 2.75) is 20.4 Å². The van der Waals surface area contributed by atoms with E-state index in [9.17, 15) is 4.79 Å². The van der Waals surface area contributed by atoms with E-state index in [4.69, 9.17) is 5.73 Å². The van der Waals surface area contributed by atoms with E-state index in [1.807, 2.05) is 26.0 Å². The zero-order valence-electron chi connectivity index (χ0n) is 10.4. The van der Waals surface area contributed by atoms with Crippen molar-refractivity contribution in [3.8, 4) is 0 Å². The standard InChI is InChI=1S/C13H16N4O/c1-8-12(9(2)17-16-8)15-13(18)11-5-3-4-10(6-11)7-14/h3-6H,7,14H2,1-2H3,(H,15,18)(H,16,17). The molecule has 0 saturated heterocycles. The van der Waals surface area contributed by atoms with Gasteiger partial charge >= 0.3 is 0 Å². The SMILES string of the molecule is Cc1n[nH]c(C)c1NC(=O)c1cccc(CN)c1. The molecular weight excluding hydrogens is 228 g/mol. The summed E-state index contributed by atoms with van der Waals surface area (Å²) in [5, 5.41) is 9.72. The summed E-state index contributed by atoms with van der Waals surface area (Å²) in [4.78, 5) is 12.1. The van der Waals surface area contributed by atoms with Crippen LogP contribution < -0.4 is 11.1 Å². The lowest BCUT2D eigenvalue weighted by Crippen LogP contribution is -2.13. The molecule has 0 fully saturated rings. The molecule has 0 radical (unpaired) electrons. The predicted octanol–water partition coefficient (Wildman–Crippen LogP) is 1.74. The molecule has 5 nitrogen and oxygen atoms in total. The lowest BCUT2D eigenvalue weighted by Gasteiger charge is -2.06. The predicted molar refractivity (Wildman–Crippen MR) is 70.3 cm³/mol. The minimum absolute atomic E-state index is 0.155. The minimum atomic E-state index is -0.155. The van der Waals surface area contributed by atoms with Gasteiger partial charge in [-0.2, -0.15) is 5.10 Å². The first-order valence-electron chi connectivity index (χ1n) is 5.73. The highest BCUT2D eigenvalue weighted by Crippen LogP contribution is 2.17. The number of carbonyl (C=O) groups is 1. The highest BCUT2D eigenvalue weighted by molar-refractivity contribution is 6.04. The largest absolute Gasteiger partial charge is 0.326 e. The number of H-pyrrole nitrogens is 1. The lowest BCUT2D eigenvalue weighted by molar-refractivity contribution is 0.102. The van der Waals surface area contributed by atoms with Crippen LogP contribution in [0.3, 0.4) is 0 Å². The van der Waals surface area contributed by atoms with Crippen LogP contribution in [0.4, 0.5) is 5.69 Å². The van der Waals surface area contributed by atoms with Gasteiger partial charge in [0.05, 0.1) is 17.1 Å². The lowest BCUT2D eigenvalue weighted by atomic mass is 10.1. The van der Waals surface area contributed by atoms with Crippen LogP contribution in [-0.2, 0) is 6.54 Å². The molecule has 1 amide bonds. The molecule has 0 bridgehead atoms. The fourth-order valence-electron chi connectivity index (χ4n) is 1.76. The van der Waals surface area contributed by atoms with Crippen LogP contribution in [0, 0.1) is 13.8 Å². The Kier molecular flexibility index (Phi) is 3.43. The Bertz CT molecular complexity index is 555. The number of anilines is 1. The van der Waals surface area contributed by atoms with Crippen LogP contribution in [-0.4, -0.2) is 16.1 Å². The van der Waals surface area contributed by atoms with Crippen LogP contribution in [0.2, 0.25) is 0 Å². The number of aromatic nitrogens is 2. The molecule has 1 heterocycles. The average molecular weight is 244 g/mol. The van der Waals surface area contributed by atoms with Crippen molar-refractivity contribution >= 4 is 11.6 Å². The molecular formula is C13H16N4O. The maximum Gasteiger partial charge on any atom is 0.255 e. The fraction of sp³-hybridized carbons (Fsp3) is 0.231. The Morgan fingerprint density at radius 2 is 2.22 bits per heavy atom. The van der Waals surface area contributed by atoms with Crippen LogP contribution in [0.1, 0.15) is 27.3 Å². The van der Waals surface area contributed by atoms with E-state index in [-0.39, 0.29) is 5.91 Å². The molecule has 94 valence electrons. The zero-order valence-corrected chi connectivity index (χ0v) is 10.4. The number of benzene rings is 1. The summed E-state index contributed by atoms with van der Waals surface area (Å²) in [6, 6.07) is 7.27. The van der Waals surface area contributed by atoms with Gasteiger partial charge in [-0.25, -0.2) is 0 Å². The van der Waals surface area contributed by atoms with Crippen molar-refractivity contribution in [2.24, 2.45) is 5.73 Å². The van der Waals surface area contributed by atoms with E-state index in [0.717, 1.165) is 22.6 Å². The fourth-order valence-corrected chi connectivity index (χ4v) is 1.76. The van der Waals surface area contributed by atoms with Crippen molar-refractivity contribution in [3.05, 3.63) is 46.8 Å². The third kappa shape index (κ3) is 2.41. The second-order valence-electron chi connectivity index (χ2n) is 4.17. The summed E-state index contributed by atoms with van der Waals surface area (Å²) in [6.45, 7) is 4.13. The number of rotatable bonds is 3. The first-order valence-corrected chi connectivity index (χ1v) is 5.73. The molecule has 1 aromatic carbocycles. The third-order valence-corrected chi connectivity index (χ3v) is 2.79. The molecule has 4 N–H and O–H groups in total. The van der Waals surface area contributed by atoms with Crippen molar-refractivity contribution in [2.75, 3.05) is 5.32 Å².